The van der Waals surface area contributed by atoms with E-state index in [1.807, 2.05) is 44.2 Å². The highest BCUT2D eigenvalue weighted by molar-refractivity contribution is 8.15. The highest BCUT2D eigenvalue weighted by Crippen LogP contribution is 2.34. The Morgan fingerprint density at radius 1 is 1.02 bits per heavy atom. The van der Waals surface area contributed by atoms with Crippen molar-refractivity contribution in [2.24, 2.45) is 0 Å². The Balaban J connectivity index is 1.42. The molecule has 1 fully saturated rings. The molecule has 0 bridgehead atoms. The molecule has 2 amide bonds. The number of aryl methyl sites for hydroxylation is 2. The molecular weight excluding hydrogens is 570 g/mol. The number of hydrogen-bond donors (Lipinski definition) is 2. The standard InChI is InChI=1S/C32H35N3O7S/c1-18-11-25(41-17-26(42-22(5)37)16-40-21(4)36)12-19(2)30(18)27-8-6-7-24(20(27)3)15-34-29-10-9-23(14-33-29)13-28-31(38)35-32(39)43-28/h6-12,14,26,28H,13,15-17H2,1-5H3,(H,33,34)(H,35,38,39)/t26-,28?/m0/s1. The van der Waals surface area contributed by atoms with Crippen LogP contribution in [-0.4, -0.2) is 52.6 Å². The molecule has 1 aliphatic heterocycles. The van der Waals surface area contributed by atoms with E-state index >= 15 is 0 Å². The van der Waals surface area contributed by atoms with Crippen LogP contribution in [0.15, 0.2) is 48.7 Å². The lowest BCUT2D eigenvalue weighted by Gasteiger charge is -2.20. The minimum Gasteiger partial charge on any atom is -0.490 e. The number of hydrogen-bond acceptors (Lipinski definition) is 10. The van der Waals surface area contributed by atoms with Crippen LogP contribution in [0, 0.1) is 20.8 Å². The number of imide groups is 1. The third-order valence-electron chi connectivity index (χ3n) is 6.94. The lowest BCUT2D eigenvalue weighted by molar-refractivity contribution is -0.158. The van der Waals surface area contributed by atoms with Gasteiger partial charge in [0.15, 0.2) is 6.10 Å². The van der Waals surface area contributed by atoms with Crippen LogP contribution in [-0.2, 0) is 36.8 Å². The van der Waals surface area contributed by atoms with E-state index in [9.17, 15) is 19.2 Å². The largest absolute Gasteiger partial charge is 0.490 e. The molecule has 0 spiro atoms. The molecule has 2 aromatic carbocycles. The number of carbonyl (C=O) groups is 4. The number of rotatable bonds is 12. The second kappa shape index (κ2) is 14.2. The van der Waals surface area contributed by atoms with Crippen LogP contribution in [0.1, 0.15) is 41.7 Å². The fourth-order valence-corrected chi connectivity index (χ4v) is 5.77. The van der Waals surface area contributed by atoms with Crippen molar-refractivity contribution in [3.63, 3.8) is 0 Å². The molecule has 2 N–H and O–H groups in total. The van der Waals surface area contributed by atoms with Crippen molar-refractivity contribution in [3.8, 4) is 16.9 Å². The second-order valence-electron chi connectivity index (χ2n) is 10.4. The monoisotopic (exact) mass is 605 g/mol. The summed E-state index contributed by atoms with van der Waals surface area (Å²) in [6.45, 7) is 9.28. The van der Waals surface area contributed by atoms with Crippen molar-refractivity contribution in [2.75, 3.05) is 18.5 Å². The summed E-state index contributed by atoms with van der Waals surface area (Å²) in [5, 5.41) is 4.96. The Bertz CT molecular complexity index is 1500. The highest BCUT2D eigenvalue weighted by atomic mass is 32.2. The average Bonchev–Trinajstić information content (AvgIpc) is 3.26. The summed E-state index contributed by atoms with van der Waals surface area (Å²) < 4.78 is 16.1. The Morgan fingerprint density at radius 2 is 1.77 bits per heavy atom. The van der Waals surface area contributed by atoms with Gasteiger partial charge in [-0.2, -0.15) is 0 Å². The average molecular weight is 606 g/mol. The third kappa shape index (κ3) is 8.57. The molecule has 2 atom stereocenters. The van der Waals surface area contributed by atoms with E-state index in [1.54, 1.807) is 6.20 Å². The maximum atomic E-state index is 11.8. The van der Waals surface area contributed by atoms with Gasteiger partial charge in [0.1, 0.15) is 24.8 Å². The Kier molecular flexibility index (Phi) is 10.4. The number of nitrogens with zero attached hydrogens (tertiary/aromatic N) is 1. The van der Waals surface area contributed by atoms with Gasteiger partial charge in [-0.15, -0.1) is 0 Å². The molecule has 1 saturated heterocycles. The second-order valence-corrected chi connectivity index (χ2v) is 11.5. The van der Waals surface area contributed by atoms with Crippen molar-refractivity contribution in [2.45, 2.75) is 58.9 Å². The third-order valence-corrected chi connectivity index (χ3v) is 7.92. The summed E-state index contributed by atoms with van der Waals surface area (Å²) in [7, 11) is 0. The number of carbonyl (C=O) groups excluding carboxylic acids is 4. The predicted octanol–water partition coefficient (Wildman–Crippen LogP) is 5.05. The first-order chi connectivity index (χ1) is 20.5. The van der Waals surface area contributed by atoms with Crippen LogP contribution in [0.5, 0.6) is 5.75 Å². The quantitative estimate of drug-likeness (QED) is 0.270. The van der Waals surface area contributed by atoms with Crippen LogP contribution in [0.2, 0.25) is 0 Å². The zero-order valence-electron chi connectivity index (χ0n) is 24.8. The maximum Gasteiger partial charge on any atom is 0.303 e. The number of anilines is 1. The molecule has 1 aliphatic rings. The van der Waals surface area contributed by atoms with E-state index < -0.39 is 23.3 Å². The summed E-state index contributed by atoms with van der Waals surface area (Å²) in [6, 6.07) is 13.9. The minimum absolute atomic E-state index is 0.0504. The van der Waals surface area contributed by atoms with Crippen LogP contribution < -0.4 is 15.4 Å². The lowest BCUT2D eigenvalue weighted by Crippen LogP contribution is -2.29. The molecule has 11 heteroatoms. The van der Waals surface area contributed by atoms with E-state index in [0.717, 1.165) is 50.7 Å². The van der Waals surface area contributed by atoms with Gasteiger partial charge < -0.3 is 19.5 Å². The van der Waals surface area contributed by atoms with Crippen LogP contribution in [0.25, 0.3) is 11.1 Å². The number of amides is 2. The number of benzene rings is 2. The molecule has 0 radical (unpaired) electrons. The van der Waals surface area contributed by atoms with E-state index in [4.69, 9.17) is 14.2 Å². The van der Waals surface area contributed by atoms with Gasteiger partial charge in [0.2, 0.25) is 5.91 Å². The smallest absolute Gasteiger partial charge is 0.303 e. The first-order valence-corrected chi connectivity index (χ1v) is 14.7. The van der Waals surface area contributed by atoms with E-state index in [0.29, 0.717) is 24.5 Å². The van der Waals surface area contributed by atoms with Gasteiger partial charge in [-0.05, 0) is 84.3 Å². The molecule has 226 valence electrons. The van der Waals surface area contributed by atoms with Gasteiger partial charge in [0.05, 0.1) is 5.25 Å². The van der Waals surface area contributed by atoms with Crippen LogP contribution >= 0.6 is 11.8 Å². The van der Waals surface area contributed by atoms with Gasteiger partial charge in [-0.3, -0.25) is 24.5 Å². The predicted molar refractivity (Wildman–Crippen MR) is 164 cm³/mol. The SMILES string of the molecule is CC(=O)OC[C@@H](COc1cc(C)c(-c2cccc(CNc3ccc(CC4SC(=O)NC4=O)cn3)c2C)c(C)c1)OC(C)=O. The zero-order valence-corrected chi connectivity index (χ0v) is 25.6. The van der Waals surface area contributed by atoms with Crippen molar-refractivity contribution in [1.82, 2.24) is 10.3 Å². The van der Waals surface area contributed by atoms with Crippen LogP contribution in [0.3, 0.4) is 0 Å². The van der Waals surface area contributed by atoms with Crippen molar-refractivity contribution >= 4 is 40.7 Å². The number of thioether (sulfide) groups is 1. The molecule has 43 heavy (non-hydrogen) atoms. The van der Waals surface area contributed by atoms with Gasteiger partial charge >= 0.3 is 11.9 Å². The summed E-state index contributed by atoms with van der Waals surface area (Å²) in [6.07, 6.45) is 1.46. The van der Waals surface area contributed by atoms with Crippen molar-refractivity contribution in [3.05, 3.63) is 76.5 Å². The van der Waals surface area contributed by atoms with E-state index in [2.05, 4.69) is 34.7 Å². The summed E-state index contributed by atoms with van der Waals surface area (Å²) in [5.41, 5.74) is 7.42. The Morgan fingerprint density at radius 3 is 2.37 bits per heavy atom. The van der Waals surface area contributed by atoms with Crippen LogP contribution in [0.4, 0.5) is 10.6 Å². The molecule has 10 nitrogen and oxygen atoms in total. The molecule has 3 aromatic rings. The highest BCUT2D eigenvalue weighted by Gasteiger charge is 2.31. The molecular formula is C32H35N3O7S. The molecule has 2 heterocycles. The lowest BCUT2D eigenvalue weighted by atomic mass is 9.90. The van der Waals surface area contributed by atoms with Gasteiger partial charge in [-0.25, -0.2) is 4.98 Å². The summed E-state index contributed by atoms with van der Waals surface area (Å²) in [4.78, 5) is 50.4. The molecule has 0 saturated carbocycles. The number of ether oxygens (including phenoxy) is 3. The summed E-state index contributed by atoms with van der Waals surface area (Å²) in [5.74, 6) is 0.142. The number of aromatic nitrogens is 1. The zero-order chi connectivity index (χ0) is 31.1. The topological polar surface area (TPSA) is 133 Å². The van der Waals surface area contributed by atoms with Crippen molar-refractivity contribution in [1.29, 1.82) is 0 Å². The summed E-state index contributed by atoms with van der Waals surface area (Å²) >= 11 is 1.01. The Labute approximate surface area is 254 Å². The fourth-order valence-electron chi connectivity index (χ4n) is 4.91. The maximum absolute atomic E-state index is 11.8. The fraction of sp³-hybridized carbons (Fsp3) is 0.344. The number of esters is 2. The van der Waals surface area contributed by atoms with E-state index in [-0.39, 0.29) is 24.4 Å². The molecule has 4 rings (SSSR count). The van der Waals surface area contributed by atoms with Gasteiger partial charge in [0, 0.05) is 26.6 Å². The van der Waals surface area contributed by atoms with Gasteiger partial charge in [-0.1, -0.05) is 36.0 Å². The molecule has 1 unspecified atom stereocenters. The molecule has 1 aromatic heterocycles. The number of pyridine rings is 1. The van der Waals surface area contributed by atoms with Gasteiger partial charge in [0.25, 0.3) is 5.24 Å². The first kappa shape index (κ1) is 31.6. The minimum atomic E-state index is -0.711. The van der Waals surface area contributed by atoms with E-state index in [1.165, 1.54) is 13.8 Å². The molecule has 0 aliphatic carbocycles. The first-order valence-electron chi connectivity index (χ1n) is 13.8. The Hall–Kier alpha value is -4.38. The van der Waals surface area contributed by atoms with Crippen molar-refractivity contribution < 1.29 is 33.4 Å². The normalized spacial score (nSPS) is 15.0. The number of nitrogens with one attached hydrogen (secondary N) is 2.